The van der Waals surface area contributed by atoms with Gasteiger partial charge in [-0.05, 0) is 13.8 Å². The van der Waals surface area contributed by atoms with Gasteiger partial charge in [0.25, 0.3) is 5.95 Å². The van der Waals surface area contributed by atoms with Gasteiger partial charge in [0.15, 0.2) is 0 Å². The molecule has 0 atom stereocenters. The smallest absolute Gasteiger partial charge is 0.337 e. The standard InChI is InChI=1S/C7H12O4/c1-3-10-6(8)5-7(9)11-4-2/h5,8H,3-4H2,1-2H3. The fraction of sp³-hybridized carbons (Fsp3) is 0.571. The minimum Gasteiger partial charge on any atom is -0.481 e. The molecule has 0 radical (unpaired) electrons. The summed E-state index contributed by atoms with van der Waals surface area (Å²) in [5.74, 6) is -1.01. The number of esters is 1. The third-order valence-electron chi connectivity index (χ3n) is 0.820. The van der Waals surface area contributed by atoms with Crippen molar-refractivity contribution in [1.82, 2.24) is 0 Å². The molecular formula is C7H12O4. The van der Waals surface area contributed by atoms with Crippen molar-refractivity contribution in [3.63, 3.8) is 0 Å². The van der Waals surface area contributed by atoms with E-state index in [1.807, 2.05) is 0 Å². The Morgan fingerprint density at radius 1 is 1.36 bits per heavy atom. The van der Waals surface area contributed by atoms with Crippen molar-refractivity contribution < 1.29 is 19.4 Å². The molecular weight excluding hydrogens is 148 g/mol. The largest absolute Gasteiger partial charge is 0.481 e. The number of aliphatic hydroxyl groups is 1. The van der Waals surface area contributed by atoms with Gasteiger partial charge < -0.3 is 14.6 Å². The molecule has 0 fully saturated rings. The maximum absolute atomic E-state index is 10.6. The lowest BCUT2D eigenvalue weighted by atomic mass is 10.6. The lowest BCUT2D eigenvalue weighted by molar-refractivity contribution is -0.137. The third kappa shape index (κ3) is 5.26. The Morgan fingerprint density at radius 3 is 2.36 bits per heavy atom. The van der Waals surface area contributed by atoms with Gasteiger partial charge in [0, 0.05) is 0 Å². The summed E-state index contributed by atoms with van der Waals surface area (Å²) in [6.45, 7) is 4.00. The van der Waals surface area contributed by atoms with Crippen LogP contribution in [0.25, 0.3) is 0 Å². The average Bonchev–Trinajstić information content (AvgIpc) is 1.87. The number of hydrogen-bond acceptors (Lipinski definition) is 4. The molecule has 0 rings (SSSR count). The summed E-state index contributed by atoms with van der Waals surface area (Å²) in [6.07, 6.45) is 0.896. The van der Waals surface area contributed by atoms with Crippen LogP contribution >= 0.6 is 0 Å². The predicted octanol–water partition coefficient (Wildman–Crippen LogP) is 0.985. The Hall–Kier alpha value is -1.19. The fourth-order valence-electron chi connectivity index (χ4n) is 0.474. The first kappa shape index (κ1) is 9.81. The van der Waals surface area contributed by atoms with Gasteiger partial charge in [-0.1, -0.05) is 0 Å². The maximum Gasteiger partial charge on any atom is 0.337 e. The molecule has 64 valence electrons. The molecule has 0 saturated carbocycles. The van der Waals surface area contributed by atoms with E-state index in [0.29, 0.717) is 6.61 Å². The van der Waals surface area contributed by atoms with Crippen LogP contribution in [0.15, 0.2) is 12.0 Å². The van der Waals surface area contributed by atoms with Crippen LogP contribution in [0.1, 0.15) is 13.8 Å². The summed E-state index contributed by atoms with van der Waals surface area (Å²) < 4.78 is 9.08. The van der Waals surface area contributed by atoms with E-state index >= 15 is 0 Å². The molecule has 0 saturated heterocycles. The van der Waals surface area contributed by atoms with E-state index in [-0.39, 0.29) is 6.61 Å². The fourth-order valence-corrected chi connectivity index (χ4v) is 0.474. The van der Waals surface area contributed by atoms with Crippen molar-refractivity contribution in [2.45, 2.75) is 13.8 Å². The lowest BCUT2D eigenvalue weighted by Crippen LogP contribution is -2.02. The normalized spacial score (nSPS) is 10.9. The van der Waals surface area contributed by atoms with E-state index < -0.39 is 11.9 Å². The van der Waals surface area contributed by atoms with Crippen LogP contribution in [-0.4, -0.2) is 24.3 Å². The highest BCUT2D eigenvalue weighted by Crippen LogP contribution is 1.91. The lowest BCUT2D eigenvalue weighted by Gasteiger charge is -1.99. The first-order valence-electron chi connectivity index (χ1n) is 3.40. The Balaban J connectivity index is 3.76. The molecule has 1 N–H and O–H groups in total. The van der Waals surface area contributed by atoms with Gasteiger partial charge >= 0.3 is 5.97 Å². The van der Waals surface area contributed by atoms with Crippen LogP contribution in [0, 0.1) is 0 Å². The van der Waals surface area contributed by atoms with Crippen molar-refractivity contribution in [3.05, 3.63) is 12.0 Å². The molecule has 4 nitrogen and oxygen atoms in total. The SMILES string of the molecule is CCOC(=O)C=C(O)OCC. The minimum absolute atomic E-state index is 0.286. The molecule has 4 heteroatoms. The second-order valence-corrected chi connectivity index (χ2v) is 1.67. The quantitative estimate of drug-likeness (QED) is 0.378. The van der Waals surface area contributed by atoms with Crippen LogP contribution in [-0.2, 0) is 14.3 Å². The van der Waals surface area contributed by atoms with Crippen LogP contribution in [0.2, 0.25) is 0 Å². The Kier molecular flexibility index (Phi) is 4.98. The summed E-state index contributed by atoms with van der Waals surface area (Å²) in [5.41, 5.74) is 0. The highest BCUT2D eigenvalue weighted by atomic mass is 16.6. The first-order chi connectivity index (χ1) is 5.20. The van der Waals surface area contributed by atoms with Gasteiger partial charge in [0.2, 0.25) is 0 Å². The van der Waals surface area contributed by atoms with Crippen LogP contribution in [0.4, 0.5) is 0 Å². The van der Waals surface area contributed by atoms with Gasteiger partial charge in [-0.2, -0.15) is 0 Å². The molecule has 0 aromatic heterocycles. The number of hydrogen-bond donors (Lipinski definition) is 1. The van der Waals surface area contributed by atoms with Gasteiger partial charge in [-0.15, -0.1) is 0 Å². The number of ether oxygens (including phenoxy) is 2. The number of rotatable bonds is 4. The van der Waals surface area contributed by atoms with Crippen LogP contribution in [0.5, 0.6) is 0 Å². The molecule has 0 aromatic carbocycles. The zero-order valence-electron chi connectivity index (χ0n) is 6.66. The van der Waals surface area contributed by atoms with E-state index in [1.165, 1.54) is 0 Å². The topological polar surface area (TPSA) is 55.8 Å². The summed E-state index contributed by atoms with van der Waals surface area (Å²) in [7, 11) is 0. The minimum atomic E-state index is -0.599. The highest BCUT2D eigenvalue weighted by Gasteiger charge is 1.99. The second-order valence-electron chi connectivity index (χ2n) is 1.67. The monoisotopic (exact) mass is 160 g/mol. The number of carbonyl (C=O) groups is 1. The van der Waals surface area contributed by atoms with Crippen molar-refractivity contribution in [1.29, 1.82) is 0 Å². The molecule has 0 aliphatic heterocycles. The first-order valence-corrected chi connectivity index (χ1v) is 3.40. The highest BCUT2D eigenvalue weighted by molar-refractivity contribution is 5.82. The Labute approximate surface area is 65.4 Å². The second kappa shape index (κ2) is 5.58. The zero-order valence-corrected chi connectivity index (χ0v) is 6.66. The average molecular weight is 160 g/mol. The molecule has 0 unspecified atom stereocenters. The Bertz CT molecular complexity index is 151. The summed E-state index contributed by atoms with van der Waals surface area (Å²) in [5, 5.41) is 8.78. The van der Waals surface area contributed by atoms with Gasteiger partial charge in [0.1, 0.15) is 6.08 Å². The van der Waals surface area contributed by atoms with Gasteiger partial charge in [-0.3, -0.25) is 0 Å². The molecule has 0 spiro atoms. The van der Waals surface area contributed by atoms with E-state index in [0.717, 1.165) is 6.08 Å². The Morgan fingerprint density at radius 2 is 1.91 bits per heavy atom. The molecule has 0 aliphatic carbocycles. The van der Waals surface area contributed by atoms with Crippen molar-refractivity contribution >= 4 is 5.97 Å². The predicted molar refractivity (Wildman–Crippen MR) is 39.0 cm³/mol. The van der Waals surface area contributed by atoms with E-state index in [1.54, 1.807) is 13.8 Å². The van der Waals surface area contributed by atoms with Crippen molar-refractivity contribution in [2.75, 3.05) is 13.2 Å². The summed E-state index contributed by atoms with van der Waals surface area (Å²) >= 11 is 0. The molecule has 0 heterocycles. The molecule has 0 bridgehead atoms. The molecule has 0 aliphatic rings. The molecule has 11 heavy (non-hydrogen) atoms. The molecule has 0 aromatic rings. The van der Waals surface area contributed by atoms with Gasteiger partial charge in [0.05, 0.1) is 13.2 Å². The maximum atomic E-state index is 10.6. The molecule has 0 amide bonds. The number of carbonyl (C=O) groups excluding carboxylic acids is 1. The van der Waals surface area contributed by atoms with Gasteiger partial charge in [-0.25, -0.2) is 4.79 Å². The van der Waals surface area contributed by atoms with E-state index in [9.17, 15) is 4.79 Å². The van der Waals surface area contributed by atoms with Crippen molar-refractivity contribution in [3.8, 4) is 0 Å². The van der Waals surface area contributed by atoms with Crippen LogP contribution < -0.4 is 0 Å². The summed E-state index contributed by atoms with van der Waals surface area (Å²) in [6, 6.07) is 0. The van der Waals surface area contributed by atoms with Crippen LogP contribution in [0.3, 0.4) is 0 Å². The third-order valence-corrected chi connectivity index (χ3v) is 0.820. The van der Waals surface area contributed by atoms with E-state index in [4.69, 9.17) is 5.11 Å². The zero-order chi connectivity index (χ0) is 8.69. The number of aliphatic hydroxyl groups excluding tert-OH is 1. The summed E-state index contributed by atoms with van der Waals surface area (Å²) in [4.78, 5) is 10.6. The van der Waals surface area contributed by atoms with E-state index in [2.05, 4.69) is 9.47 Å². The van der Waals surface area contributed by atoms with Crippen molar-refractivity contribution in [2.24, 2.45) is 0 Å².